The van der Waals surface area contributed by atoms with Crippen molar-refractivity contribution in [2.45, 2.75) is 52.4 Å². The number of carbonyl (C=O) groups excluding carboxylic acids is 1. The highest BCUT2D eigenvalue weighted by atomic mass is 16.5. The standard InChI is InChI=1S/C27H32O2/c1-4-27-23(12-9-21-7-5-20(2)6-8-21)13-14-24(27)15-16-25(28)19-22-10-17-26(29-3)18-11-22/h5-8,10-11,13-14,17-18,27H,4,9,12,15-16,19H2,1-3H3. The lowest BCUT2D eigenvalue weighted by Crippen LogP contribution is -2.08. The summed E-state index contributed by atoms with van der Waals surface area (Å²) in [6.07, 6.45) is 9.85. The molecule has 1 atom stereocenters. The molecule has 0 N–H and O–H groups in total. The van der Waals surface area contributed by atoms with Crippen molar-refractivity contribution in [1.82, 2.24) is 0 Å². The van der Waals surface area contributed by atoms with E-state index in [1.54, 1.807) is 7.11 Å². The molecule has 1 aliphatic carbocycles. The second-order valence-corrected chi connectivity index (χ2v) is 7.99. The lowest BCUT2D eigenvalue weighted by Gasteiger charge is -2.18. The summed E-state index contributed by atoms with van der Waals surface area (Å²) in [7, 11) is 1.66. The van der Waals surface area contributed by atoms with E-state index in [1.165, 1.54) is 22.3 Å². The number of carbonyl (C=O) groups is 1. The highest BCUT2D eigenvalue weighted by Crippen LogP contribution is 2.35. The lowest BCUT2D eigenvalue weighted by molar-refractivity contribution is -0.118. The maximum atomic E-state index is 12.5. The Morgan fingerprint density at radius 1 is 0.862 bits per heavy atom. The Morgan fingerprint density at radius 2 is 1.48 bits per heavy atom. The molecule has 0 saturated carbocycles. The van der Waals surface area contributed by atoms with Crippen molar-refractivity contribution >= 4 is 5.78 Å². The third-order valence-electron chi connectivity index (χ3n) is 5.89. The van der Waals surface area contributed by atoms with E-state index in [2.05, 4.69) is 50.3 Å². The molecule has 0 radical (unpaired) electrons. The maximum absolute atomic E-state index is 12.5. The van der Waals surface area contributed by atoms with Crippen LogP contribution in [0.1, 0.15) is 49.3 Å². The lowest BCUT2D eigenvalue weighted by atomic mass is 9.87. The first-order chi connectivity index (χ1) is 14.1. The van der Waals surface area contributed by atoms with Gasteiger partial charge in [-0.1, -0.05) is 72.2 Å². The largest absolute Gasteiger partial charge is 0.497 e. The summed E-state index contributed by atoms with van der Waals surface area (Å²) in [5.74, 6) is 1.64. The van der Waals surface area contributed by atoms with E-state index in [9.17, 15) is 4.79 Å². The van der Waals surface area contributed by atoms with Crippen molar-refractivity contribution in [3.63, 3.8) is 0 Å². The van der Waals surface area contributed by atoms with Gasteiger partial charge in [-0.3, -0.25) is 4.79 Å². The van der Waals surface area contributed by atoms with Crippen molar-refractivity contribution in [3.05, 3.63) is 88.5 Å². The average molecular weight is 389 g/mol. The van der Waals surface area contributed by atoms with Crippen LogP contribution in [0.5, 0.6) is 5.75 Å². The highest BCUT2D eigenvalue weighted by molar-refractivity contribution is 5.81. The first kappa shape index (κ1) is 21.1. The van der Waals surface area contributed by atoms with E-state index in [0.29, 0.717) is 24.5 Å². The Kier molecular flexibility index (Phi) is 7.46. The summed E-state index contributed by atoms with van der Waals surface area (Å²) in [4.78, 5) is 12.5. The SMILES string of the molecule is CCC1C(CCC(=O)Cc2ccc(OC)cc2)=CC=C1CCc1ccc(C)cc1. The number of rotatable bonds is 10. The van der Waals surface area contributed by atoms with Gasteiger partial charge in [0, 0.05) is 18.8 Å². The second kappa shape index (κ2) is 10.2. The molecule has 2 heteroatoms. The third-order valence-corrected chi connectivity index (χ3v) is 5.89. The molecule has 29 heavy (non-hydrogen) atoms. The summed E-state index contributed by atoms with van der Waals surface area (Å²) >= 11 is 0. The minimum absolute atomic E-state index is 0.305. The van der Waals surface area contributed by atoms with E-state index >= 15 is 0 Å². The number of ketones is 1. The van der Waals surface area contributed by atoms with Gasteiger partial charge in [0.25, 0.3) is 0 Å². The Labute approximate surface area is 175 Å². The number of aryl methyl sites for hydroxylation is 2. The first-order valence-corrected chi connectivity index (χ1v) is 10.7. The monoisotopic (exact) mass is 388 g/mol. The summed E-state index contributed by atoms with van der Waals surface area (Å²) in [5.41, 5.74) is 6.71. The molecule has 0 aliphatic heterocycles. The van der Waals surface area contributed by atoms with Crippen molar-refractivity contribution in [1.29, 1.82) is 0 Å². The zero-order valence-electron chi connectivity index (χ0n) is 17.9. The van der Waals surface area contributed by atoms with Crippen LogP contribution in [0.2, 0.25) is 0 Å². The fraction of sp³-hybridized carbons (Fsp3) is 0.370. The van der Waals surface area contributed by atoms with E-state index < -0.39 is 0 Å². The van der Waals surface area contributed by atoms with Crippen molar-refractivity contribution in [2.24, 2.45) is 5.92 Å². The Balaban J connectivity index is 1.47. The van der Waals surface area contributed by atoms with Crippen LogP contribution in [0.4, 0.5) is 0 Å². The molecule has 1 unspecified atom stereocenters. The van der Waals surface area contributed by atoms with Crippen molar-refractivity contribution < 1.29 is 9.53 Å². The minimum atomic E-state index is 0.305. The predicted molar refractivity (Wildman–Crippen MR) is 120 cm³/mol. The van der Waals surface area contributed by atoms with Crippen LogP contribution in [0.15, 0.2) is 71.8 Å². The summed E-state index contributed by atoms with van der Waals surface area (Å²) in [6, 6.07) is 16.6. The van der Waals surface area contributed by atoms with Gasteiger partial charge >= 0.3 is 0 Å². The molecule has 0 bridgehead atoms. The highest BCUT2D eigenvalue weighted by Gasteiger charge is 2.21. The Hall–Kier alpha value is -2.61. The molecule has 0 heterocycles. The topological polar surface area (TPSA) is 26.3 Å². The first-order valence-electron chi connectivity index (χ1n) is 10.7. The van der Waals surface area contributed by atoms with Gasteiger partial charge in [-0.15, -0.1) is 0 Å². The second-order valence-electron chi connectivity index (χ2n) is 7.99. The molecular formula is C27H32O2. The number of hydrogen-bond donors (Lipinski definition) is 0. The van der Waals surface area contributed by atoms with E-state index in [1.807, 2.05) is 24.3 Å². The third kappa shape index (κ3) is 5.93. The molecule has 0 fully saturated rings. The molecule has 0 saturated heterocycles. The zero-order valence-corrected chi connectivity index (χ0v) is 17.9. The number of methoxy groups -OCH3 is 1. The molecule has 0 spiro atoms. The quantitative estimate of drug-likeness (QED) is 0.469. The van der Waals surface area contributed by atoms with Gasteiger partial charge in [-0.05, 0) is 55.9 Å². The van der Waals surface area contributed by atoms with Gasteiger partial charge < -0.3 is 4.74 Å². The van der Waals surface area contributed by atoms with Crippen molar-refractivity contribution in [3.8, 4) is 5.75 Å². The van der Waals surface area contributed by atoms with Crippen LogP contribution < -0.4 is 4.74 Å². The minimum Gasteiger partial charge on any atom is -0.497 e. The van der Waals surface area contributed by atoms with Gasteiger partial charge in [-0.2, -0.15) is 0 Å². The fourth-order valence-corrected chi connectivity index (χ4v) is 4.11. The molecule has 152 valence electrons. The van der Waals surface area contributed by atoms with Gasteiger partial charge in [0.1, 0.15) is 11.5 Å². The van der Waals surface area contributed by atoms with E-state index in [4.69, 9.17) is 4.74 Å². The van der Waals surface area contributed by atoms with Gasteiger partial charge in [0.05, 0.1) is 7.11 Å². The fourth-order valence-electron chi connectivity index (χ4n) is 4.11. The van der Waals surface area contributed by atoms with Crippen LogP contribution >= 0.6 is 0 Å². The number of hydrogen-bond acceptors (Lipinski definition) is 2. The van der Waals surface area contributed by atoms with Crippen LogP contribution in [0.25, 0.3) is 0 Å². The number of ether oxygens (including phenoxy) is 1. The Bertz CT molecular complexity index is 870. The number of benzene rings is 2. The predicted octanol–water partition coefficient (Wildman–Crippen LogP) is 6.42. The molecule has 3 rings (SSSR count). The number of Topliss-reactive ketones (excluding diaryl/α,β-unsaturated/α-hetero) is 1. The van der Waals surface area contributed by atoms with Crippen molar-refractivity contribution in [2.75, 3.05) is 7.11 Å². The van der Waals surface area contributed by atoms with E-state index in [0.717, 1.165) is 37.0 Å². The Morgan fingerprint density at radius 3 is 2.10 bits per heavy atom. The summed E-state index contributed by atoms with van der Waals surface area (Å²) in [5, 5.41) is 0. The number of allylic oxidation sites excluding steroid dienone is 4. The van der Waals surface area contributed by atoms with Gasteiger partial charge in [0.15, 0.2) is 0 Å². The smallest absolute Gasteiger partial charge is 0.137 e. The maximum Gasteiger partial charge on any atom is 0.137 e. The zero-order chi connectivity index (χ0) is 20.6. The van der Waals surface area contributed by atoms with Gasteiger partial charge in [0.2, 0.25) is 0 Å². The molecule has 0 aromatic heterocycles. The van der Waals surface area contributed by atoms with Crippen LogP contribution in [0.3, 0.4) is 0 Å². The molecular weight excluding hydrogens is 356 g/mol. The van der Waals surface area contributed by atoms with Crippen LogP contribution in [-0.2, 0) is 17.6 Å². The molecule has 0 amide bonds. The van der Waals surface area contributed by atoms with E-state index in [-0.39, 0.29) is 0 Å². The summed E-state index contributed by atoms with van der Waals surface area (Å²) in [6.45, 7) is 4.38. The van der Waals surface area contributed by atoms with Gasteiger partial charge in [-0.25, -0.2) is 0 Å². The normalized spacial score (nSPS) is 15.8. The molecule has 2 aromatic rings. The van der Waals surface area contributed by atoms with Crippen LogP contribution in [-0.4, -0.2) is 12.9 Å². The molecule has 1 aliphatic rings. The molecule has 2 nitrogen and oxygen atoms in total. The van der Waals surface area contributed by atoms with Crippen LogP contribution in [0, 0.1) is 12.8 Å². The summed E-state index contributed by atoms with van der Waals surface area (Å²) < 4.78 is 5.18. The molecule has 2 aromatic carbocycles. The average Bonchev–Trinajstić information content (AvgIpc) is 3.14.